The summed E-state index contributed by atoms with van der Waals surface area (Å²) in [5.41, 5.74) is 4.38. The van der Waals surface area contributed by atoms with Crippen LogP contribution >= 0.6 is 0 Å². The zero-order valence-electron chi connectivity index (χ0n) is 12.0. The van der Waals surface area contributed by atoms with E-state index in [-0.39, 0.29) is 19.1 Å². The molecule has 0 radical (unpaired) electrons. The van der Waals surface area contributed by atoms with Gasteiger partial charge in [-0.05, 0) is 26.7 Å². The number of aliphatic carboxylic acids is 1. The summed E-state index contributed by atoms with van der Waals surface area (Å²) >= 11 is 0. The van der Waals surface area contributed by atoms with Gasteiger partial charge >= 0.3 is 12.0 Å². The number of hydrogen-bond acceptors (Lipinski definition) is 3. The van der Waals surface area contributed by atoms with Gasteiger partial charge in [-0.25, -0.2) is 4.79 Å². The standard InChI is InChI=1S/C13H23N3O4/c1-13(2,11(14)19)8-15-12(20)16(7-10(17)18)9-5-3-4-6-9/h9H,3-8H2,1-2H3,(H2,14,19)(H,15,20)(H,17,18). The van der Waals surface area contributed by atoms with Gasteiger partial charge in [0.05, 0.1) is 5.41 Å². The summed E-state index contributed by atoms with van der Waals surface area (Å²) in [4.78, 5) is 35.6. The van der Waals surface area contributed by atoms with Gasteiger partial charge in [0.2, 0.25) is 5.91 Å². The third-order valence-corrected chi connectivity index (χ3v) is 3.68. The number of urea groups is 1. The second-order valence-corrected chi connectivity index (χ2v) is 5.87. The van der Waals surface area contributed by atoms with E-state index in [2.05, 4.69) is 5.32 Å². The van der Waals surface area contributed by atoms with Crippen LogP contribution in [0.4, 0.5) is 4.79 Å². The lowest BCUT2D eigenvalue weighted by atomic mass is 9.93. The number of hydrogen-bond donors (Lipinski definition) is 3. The van der Waals surface area contributed by atoms with Crippen LogP contribution in [0.3, 0.4) is 0 Å². The predicted molar refractivity (Wildman–Crippen MR) is 73.0 cm³/mol. The maximum atomic E-state index is 12.1. The Bertz CT molecular complexity index is 389. The molecule has 1 aliphatic rings. The molecule has 0 aromatic heterocycles. The molecule has 0 bridgehead atoms. The van der Waals surface area contributed by atoms with Crippen LogP contribution in [0.2, 0.25) is 0 Å². The summed E-state index contributed by atoms with van der Waals surface area (Å²) in [6.45, 7) is 3.02. The molecule has 4 N–H and O–H groups in total. The minimum Gasteiger partial charge on any atom is -0.480 e. The molecule has 1 aliphatic carbocycles. The van der Waals surface area contributed by atoms with Crippen LogP contribution < -0.4 is 11.1 Å². The molecule has 1 rings (SSSR count). The Morgan fingerprint density at radius 3 is 2.30 bits per heavy atom. The number of rotatable bonds is 6. The van der Waals surface area contributed by atoms with Crippen molar-refractivity contribution in [1.82, 2.24) is 10.2 Å². The van der Waals surface area contributed by atoms with Crippen LogP contribution in [0.1, 0.15) is 39.5 Å². The van der Waals surface area contributed by atoms with Gasteiger partial charge in [0, 0.05) is 12.6 Å². The van der Waals surface area contributed by atoms with Crippen molar-refractivity contribution in [2.45, 2.75) is 45.6 Å². The first kappa shape index (κ1) is 16.3. The summed E-state index contributed by atoms with van der Waals surface area (Å²) in [5, 5.41) is 11.5. The van der Waals surface area contributed by atoms with Gasteiger partial charge in [-0.1, -0.05) is 12.8 Å². The summed E-state index contributed by atoms with van der Waals surface area (Å²) in [6, 6.07) is -0.489. The summed E-state index contributed by atoms with van der Waals surface area (Å²) in [5.74, 6) is -1.55. The van der Waals surface area contributed by atoms with E-state index in [1.807, 2.05) is 0 Å². The van der Waals surface area contributed by atoms with Crippen molar-refractivity contribution in [1.29, 1.82) is 0 Å². The van der Waals surface area contributed by atoms with Gasteiger partial charge in [-0.2, -0.15) is 0 Å². The van der Waals surface area contributed by atoms with E-state index in [9.17, 15) is 14.4 Å². The smallest absolute Gasteiger partial charge is 0.323 e. The molecule has 0 aliphatic heterocycles. The number of primary amides is 1. The first-order chi connectivity index (χ1) is 9.24. The lowest BCUT2D eigenvalue weighted by Gasteiger charge is -2.29. The maximum absolute atomic E-state index is 12.1. The quantitative estimate of drug-likeness (QED) is 0.661. The first-order valence-corrected chi connectivity index (χ1v) is 6.80. The molecule has 1 fully saturated rings. The third kappa shape index (κ3) is 4.40. The van der Waals surface area contributed by atoms with Crippen molar-refractivity contribution >= 4 is 17.9 Å². The molecule has 20 heavy (non-hydrogen) atoms. The molecule has 0 atom stereocenters. The zero-order chi connectivity index (χ0) is 15.3. The highest BCUT2D eigenvalue weighted by Crippen LogP contribution is 2.23. The Kier molecular flexibility index (Phi) is 5.35. The number of carboxylic acid groups (broad SMARTS) is 1. The number of nitrogens with one attached hydrogen (secondary N) is 1. The third-order valence-electron chi connectivity index (χ3n) is 3.68. The van der Waals surface area contributed by atoms with E-state index in [0.29, 0.717) is 0 Å². The van der Waals surface area contributed by atoms with Crippen molar-refractivity contribution in [3.63, 3.8) is 0 Å². The summed E-state index contributed by atoms with van der Waals surface area (Å²) in [7, 11) is 0. The zero-order valence-corrected chi connectivity index (χ0v) is 12.0. The van der Waals surface area contributed by atoms with E-state index < -0.39 is 23.3 Å². The normalized spacial score (nSPS) is 15.9. The molecule has 114 valence electrons. The van der Waals surface area contributed by atoms with Gasteiger partial charge in [0.25, 0.3) is 0 Å². The Labute approximate surface area is 118 Å². The molecule has 0 heterocycles. The minimum absolute atomic E-state index is 0.0391. The average molecular weight is 285 g/mol. The number of carboxylic acids is 1. The SMILES string of the molecule is CC(C)(CNC(=O)N(CC(=O)O)C1CCCC1)C(N)=O. The monoisotopic (exact) mass is 285 g/mol. The lowest BCUT2D eigenvalue weighted by molar-refractivity contribution is -0.138. The van der Waals surface area contributed by atoms with Crippen molar-refractivity contribution in [2.24, 2.45) is 11.1 Å². The fourth-order valence-corrected chi connectivity index (χ4v) is 2.21. The first-order valence-electron chi connectivity index (χ1n) is 6.80. The van der Waals surface area contributed by atoms with Crippen molar-refractivity contribution in [3.05, 3.63) is 0 Å². The van der Waals surface area contributed by atoms with E-state index in [1.165, 1.54) is 4.90 Å². The van der Waals surface area contributed by atoms with Crippen LogP contribution in [0, 0.1) is 5.41 Å². The average Bonchev–Trinajstić information content (AvgIpc) is 2.86. The molecule has 0 aromatic rings. The second-order valence-electron chi connectivity index (χ2n) is 5.87. The van der Waals surface area contributed by atoms with Gasteiger partial charge in [0.15, 0.2) is 0 Å². The van der Waals surface area contributed by atoms with Crippen LogP contribution in [0.25, 0.3) is 0 Å². The summed E-state index contributed by atoms with van der Waals surface area (Å²) in [6.07, 6.45) is 3.64. The van der Waals surface area contributed by atoms with E-state index in [0.717, 1.165) is 25.7 Å². The topological polar surface area (TPSA) is 113 Å². The van der Waals surface area contributed by atoms with E-state index in [1.54, 1.807) is 13.8 Å². The van der Waals surface area contributed by atoms with Crippen molar-refractivity contribution in [2.75, 3.05) is 13.1 Å². The fraction of sp³-hybridized carbons (Fsp3) is 0.769. The number of carbonyl (C=O) groups is 3. The van der Waals surface area contributed by atoms with Crippen LogP contribution in [0.15, 0.2) is 0 Å². The highest BCUT2D eigenvalue weighted by atomic mass is 16.4. The van der Waals surface area contributed by atoms with Crippen molar-refractivity contribution in [3.8, 4) is 0 Å². The Morgan fingerprint density at radius 2 is 1.85 bits per heavy atom. The number of amides is 3. The molecule has 0 unspecified atom stereocenters. The highest BCUT2D eigenvalue weighted by Gasteiger charge is 2.31. The minimum atomic E-state index is -1.04. The fourth-order valence-electron chi connectivity index (χ4n) is 2.21. The highest BCUT2D eigenvalue weighted by molar-refractivity contribution is 5.83. The van der Waals surface area contributed by atoms with Crippen LogP contribution in [-0.2, 0) is 9.59 Å². The van der Waals surface area contributed by atoms with Crippen molar-refractivity contribution < 1.29 is 19.5 Å². The number of carbonyl (C=O) groups excluding carboxylic acids is 2. The van der Waals surface area contributed by atoms with E-state index in [4.69, 9.17) is 10.8 Å². The maximum Gasteiger partial charge on any atom is 0.323 e. The van der Waals surface area contributed by atoms with Gasteiger partial charge in [-0.3, -0.25) is 9.59 Å². The number of nitrogens with zero attached hydrogens (tertiary/aromatic N) is 1. The molecule has 1 saturated carbocycles. The number of nitrogens with two attached hydrogens (primary N) is 1. The van der Waals surface area contributed by atoms with Crippen LogP contribution in [-0.4, -0.2) is 47.0 Å². The molecule has 0 spiro atoms. The van der Waals surface area contributed by atoms with E-state index >= 15 is 0 Å². The largest absolute Gasteiger partial charge is 0.480 e. The van der Waals surface area contributed by atoms with Gasteiger partial charge in [-0.15, -0.1) is 0 Å². The van der Waals surface area contributed by atoms with Crippen LogP contribution in [0.5, 0.6) is 0 Å². The lowest BCUT2D eigenvalue weighted by Crippen LogP contribution is -2.51. The molecule has 3 amide bonds. The molecular weight excluding hydrogens is 262 g/mol. The Morgan fingerprint density at radius 1 is 1.30 bits per heavy atom. The summed E-state index contributed by atoms with van der Waals surface area (Å²) < 4.78 is 0. The van der Waals surface area contributed by atoms with Gasteiger partial charge < -0.3 is 21.1 Å². The Hall–Kier alpha value is -1.79. The molecule has 0 aromatic carbocycles. The molecular formula is C13H23N3O4. The molecule has 7 heteroatoms. The Balaban J connectivity index is 2.63. The molecule has 7 nitrogen and oxygen atoms in total. The second kappa shape index (κ2) is 6.58. The molecule has 0 saturated heterocycles. The predicted octanol–water partition coefficient (Wildman–Crippen LogP) is 0.537. The van der Waals surface area contributed by atoms with Gasteiger partial charge in [0.1, 0.15) is 6.54 Å².